The highest BCUT2D eigenvalue weighted by Gasteiger charge is 2.33. The molecule has 8 aromatic carbocycles. The summed E-state index contributed by atoms with van der Waals surface area (Å²) < 4.78 is 62.5. The first-order chi connectivity index (χ1) is 67.6. The van der Waals surface area contributed by atoms with Crippen molar-refractivity contribution in [1.29, 1.82) is 0 Å². The van der Waals surface area contributed by atoms with E-state index >= 15 is 0 Å². The Morgan fingerprint density at radius 1 is 0.261 bits per heavy atom. The molecule has 0 unspecified atom stereocenters. The van der Waals surface area contributed by atoms with Crippen molar-refractivity contribution < 1.29 is 85.6 Å². The zero-order valence-electron chi connectivity index (χ0n) is 83.2. The van der Waals surface area contributed by atoms with E-state index in [1.165, 1.54) is 63.1 Å². The summed E-state index contributed by atoms with van der Waals surface area (Å²) in [5, 5.41) is 4.93. The third-order valence-electron chi connectivity index (χ3n) is 21.2. The molecule has 2 aliphatic heterocycles. The Morgan fingerprint density at radius 2 is 0.479 bits per heavy atom. The zero-order chi connectivity index (χ0) is 105. The van der Waals surface area contributed by atoms with Gasteiger partial charge in [-0.1, -0.05) is 48.5 Å². The number of H-pyrrole nitrogens is 6. The Balaban J connectivity index is 0.000000225. The van der Waals surface area contributed by atoms with Crippen LogP contribution in [0.2, 0.25) is 0 Å². The van der Waals surface area contributed by atoms with Crippen molar-refractivity contribution in [1.82, 2.24) is 29.9 Å². The molecule has 0 saturated carbocycles. The number of aryl methyl sites for hydroxylation is 12. The molecule has 8 N–H and O–H groups in total. The van der Waals surface area contributed by atoms with Crippen molar-refractivity contribution in [3.05, 3.63) is 341 Å². The van der Waals surface area contributed by atoms with E-state index in [1.807, 2.05) is 179 Å². The molecule has 16 rings (SSSR count). The number of nitrogens with one attached hydrogen (secondary N) is 8. The number of rotatable bonds is 22. The number of benzene rings is 8. The van der Waals surface area contributed by atoms with Crippen molar-refractivity contribution in [2.45, 2.75) is 83.1 Å². The van der Waals surface area contributed by atoms with Gasteiger partial charge in [0.2, 0.25) is 11.6 Å². The van der Waals surface area contributed by atoms with E-state index < -0.39 is 33.3 Å². The molecule has 0 spiro atoms. The van der Waals surface area contributed by atoms with Crippen molar-refractivity contribution in [2.75, 3.05) is 96.0 Å². The van der Waals surface area contributed by atoms with Gasteiger partial charge in [0.15, 0.2) is 69.0 Å². The summed E-state index contributed by atoms with van der Waals surface area (Å²) in [4.78, 5) is 91.5. The SMILES string of the molecule is COc1ccc(/C(=C2/C(=O)Nc3ccccc32)c2[nH]c(C)cc2C)cc1OC.COc1ccc(/C(=C2/C(=O)Nc3ccccc32)c2[nH]c(C)cc2C)cc1OC.COc1ccc(C(=O)Cl)cc1OC.COc1ccc(C(=O)Cl)cc1OC.COc1ccc(C(=O)c2[nH]c(C)cc2C)cc1OC.COc1ccc(C(=O)c2[nH]c(C)cc2C)cc1OC.Cc1c[nH]c(C)c1.Cc1c[nH]c(C)c1.[Cl][Al]([Cl])[Cl].[Cl][Al]([Cl])[Cl]. The van der Waals surface area contributed by atoms with Gasteiger partial charge in [-0.2, -0.15) is 0 Å². The smallest absolute Gasteiger partial charge is 0.493 e. The summed E-state index contributed by atoms with van der Waals surface area (Å²) >= 11 is 7.14. The van der Waals surface area contributed by atoms with Crippen LogP contribution in [0, 0.1) is 83.1 Å². The second-order valence-electron chi connectivity index (χ2n) is 31.4. The molecule has 0 radical (unpaired) electrons. The molecular weight excluding hydrogens is 2010 g/mol. The monoisotopic (exact) mass is 2120 g/mol. The van der Waals surface area contributed by atoms with Gasteiger partial charge < -0.3 is 97.4 Å². The highest BCUT2D eigenvalue weighted by Crippen LogP contribution is 2.46. The van der Waals surface area contributed by atoms with E-state index in [9.17, 15) is 28.8 Å². The van der Waals surface area contributed by atoms with Crippen molar-refractivity contribution in [3.63, 3.8) is 0 Å². The Bertz CT molecular complexity index is 6320. The number of amides is 2. The average molecular weight is 2130 g/mol. The van der Waals surface area contributed by atoms with E-state index in [0.29, 0.717) is 114 Å². The van der Waals surface area contributed by atoms with Crippen LogP contribution in [-0.4, -0.2) is 172 Å². The summed E-state index contributed by atoms with van der Waals surface area (Å²) in [5.74, 6) is 6.65. The average Bonchev–Trinajstić information content (AvgIpc) is 1.61. The van der Waals surface area contributed by atoms with Crippen LogP contribution in [0.1, 0.15) is 154 Å². The van der Waals surface area contributed by atoms with Crippen molar-refractivity contribution >= 4 is 174 Å². The van der Waals surface area contributed by atoms with Crippen LogP contribution < -0.4 is 67.5 Å². The van der Waals surface area contributed by atoms with Gasteiger partial charge in [-0.25, -0.2) is 60.3 Å². The molecule has 0 bridgehead atoms. The fourth-order valence-electron chi connectivity index (χ4n) is 14.9. The van der Waals surface area contributed by atoms with Gasteiger partial charge in [0, 0.05) is 114 Å². The van der Waals surface area contributed by atoms with E-state index in [1.54, 1.807) is 118 Å². The van der Waals surface area contributed by atoms with Crippen molar-refractivity contribution in [2.24, 2.45) is 0 Å². The molecule has 6 aromatic heterocycles. The maximum Gasteiger partial charge on any atom is 0.643 e. The Hall–Kier alpha value is -12.5. The summed E-state index contributed by atoms with van der Waals surface area (Å²) in [6.45, 7) is 24.0. The Kier molecular flexibility index (Phi) is 46.7. The number of anilines is 2. The maximum absolute atomic E-state index is 13.0. The van der Waals surface area contributed by atoms with Crippen LogP contribution in [0.4, 0.5) is 11.4 Å². The van der Waals surface area contributed by atoms with Gasteiger partial charge in [0.1, 0.15) is 0 Å². The minimum Gasteiger partial charge on any atom is -0.493 e. The number of aromatic nitrogens is 6. The molecule has 26 nitrogen and oxygen atoms in total. The number of ketones is 2. The van der Waals surface area contributed by atoms with Gasteiger partial charge in [0.05, 0.1) is 108 Å². The van der Waals surface area contributed by atoms with Gasteiger partial charge in [-0.3, -0.25) is 28.8 Å². The minimum absolute atomic E-state index is 0.0495. The van der Waals surface area contributed by atoms with E-state index in [4.69, 9.17) is 140 Å². The van der Waals surface area contributed by atoms with Crippen LogP contribution in [0.3, 0.4) is 0 Å². The topological polar surface area (TPSA) is 332 Å². The molecule has 8 heterocycles. The molecule has 2 aliphatic rings. The number of methoxy groups -OCH3 is 12. The molecule has 0 fully saturated rings. The molecule has 0 aliphatic carbocycles. The summed E-state index contributed by atoms with van der Waals surface area (Å²) in [7, 11) is 48.4. The molecule has 748 valence electrons. The molecule has 0 atom stereocenters. The summed E-state index contributed by atoms with van der Waals surface area (Å²) in [6, 6.07) is 59.0. The summed E-state index contributed by atoms with van der Waals surface area (Å²) in [5.41, 5.74) is 26.3. The summed E-state index contributed by atoms with van der Waals surface area (Å²) in [6.07, 6.45) is 3.99. The number of ether oxygens (including phenoxy) is 12. The largest absolute Gasteiger partial charge is 0.643 e. The lowest BCUT2D eigenvalue weighted by Gasteiger charge is -2.15. The highest BCUT2D eigenvalue weighted by molar-refractivity contribution is 7.54. The first-order valence-electron chi connectivity index (χ1n) is 43.5. The standard InChI is InChI=1S/2C23H22N2O3.2C15H17NO3.2C9H9ClO3.2C6H9N.2Al.6ClH/c2*1-13-11-14(2)24-22(13)20(15-9-10-18(27-3)19(12-15)28-4)21-16-7-5-6-8-17(16)25-23(21)26;2*1-9-7-10(2)16-14(9)15(17)11-5-6-12(18-3)13(8-11)19-4;2*1-12-7-4-3-6(9(10)11)5-8(7)13-2;2*1-5-3-6(2)7-4-5;;;;;;;;/h2*5-12,24H,1-4H3,(H,25,26);2*5-8,16H,1-4H3;2*3-5H,1-2H3;2*3-4,7H,1-2H3;;;6*1H/q;;;;;;;;2*+3;;;;;;/p-6/b2*21-20-;;;;;;;;;;;;;;. The number of hydrogen-bond acceptors (Lipinski definition) is 18. The highest BCUT2D eigenvalue weighted by atomic mass is 35.8. The van der Waals surface area contributed by atoms with E-state index in [0.717, 1.165) is 101 Å². The maximum atomic E-state index is 13.0. The first kappa shape index (κ1) is 116. The van der Waals surface area contributed by atoms with Gasteiger partial charge in [-0.15, -0.1) is 0 Å². The lowest BCUT2D eigenvalue weighted by Crippen LogP contribution is -2.07. The second-order valence-corrected chi connectivity index (χ2v) is 44.9. The van der Waals surface area contributed by atoms with Gasteiger partial charge in [0.25, 0.3) is 22.3 Å². The third kappa shape index (κ3) is 32.8. The van der Waals surface area contributed by atoms with Crippen molar-refractivity contribution in [3.8, 4) is 69.0 Å². The van der Waals surface area contributed by atoms with Crippen LogP contribution >= 0.6 is 83.5 Å². The number of halogens is 8. The molecular formula is C106H114Al2Cl8N8O18. The van der Waals surface area contributed by atoms with Gasteiger partial charge >= 0.3 is 22.8 Å². The van der Waals surface area contributed by atoms with Crippen LogP contribution in [0.15, 0.2) is 207 Å². The van der Waals surface area contributed by atoms with Crippen LogP contribution in [0.25, 0.3) is 22.3 Å². The first-order valence-corrected chi connectivity index (χ1v) is 54.7. The second kappa shape index (κ2) is 57.0. The fraction of sp³-hybridized carbons (Fsp3) is 0.226. The Morgan fingerprint density at radius 3 is 0.683 bits per heavy atom. The minimum atomic E-state index is -1.72. The van der Waals surface area contributed by atoms with Gasteiger partial charge in [-0.05, 0) is 296 Å². The van der Waals surface area contributed by atoms with E-state index in [2.05, 4.69) is 78.7 Å². The zero-order valence-corrected chi connectivity index (χ0v) is 91.5. The molecule has 14 aromatic rings. The molecule has 0 saturated heterocycles. The number of carbonyl (C=O) groups excluding carboxylic acids is 6. The van der Waals surface area contributed by atoms with Crippen LogP contribution in [-0.2, 0) is 9.59 Å². The number of para-hydroxylation sites is 2. The predicted molar refractivity (Wildman–Crippen MR) is 575 cm³/mol. The number of aromatic amines is 6. The van der Waals surface area contributed by atoms with Crippen LogP contribution in [0.5, 0.6) is 69.0 Å². The third-order valence-corrected chi connectivity index (χ3v) is 21.6. The molecule has 36 heteroatoms. The normalized spacial score (nSPS) is 11.5. The fourth-order valence-corrected chi connectivity index (χ4v) is 15.1. The lowest BCUT2D eigenvalue weighted by atomic mass is 9.91. The predicted octanol–water partition coefficient (Wildman–Crippen LogP) is 25.7. The number of hydrogen-bond donors (Lipinski definition) is 8. The number of fused-ring (bicyclic) bond motifs is 2. The van der Waals surface area contributed by atoms with E-state index in [-0.39, 0.29) is 23.4 Å². The number of carbonyl (C=O) groups is 6. The molecule has 142 heavy (non-hydrogen) atoms. The quantitative estimate of drug-likeness (QED) is 0.0135. The lowest BCUT2D eigenvalue weighted by molar-refractivity contribution is -0.111. The molecule has 2 amide bonds. The Labute approximate surface area is 871 Å².